The summed E-state index contributed by atoms with van der Waals surface area (Å²) in [7, 11) is 0. The molecule has 1 heterocycles. The zero-order chi connectivity index (χ0) is 20.8. The predicted octanol–water partition coefficient (Wildman–Crippen LogP) is 5.64. The average Bonchev–Trinajstić information content (AvgIpc) is 3.16. The summed E-state index contributed by atoms with van der Waals surface area (Å²) in [4.78, 5) is 7.60. The van der Waals surface area contributed by atoms with Crippen molar-refractivity contribution in [3.63, 3.8) is 0 Å². The van der Waals surface area contributed by atoms with Crippen molar-refractivity contribution in [1.29, 1.82) is 0 Å². The molecule has 3 aromatic carbocycles. The number of hydrogen-bond acceptors (Lipinski definition) is 5. The molecule has 0 spiro atoms. The van der Waals surface area contributed by atoms with Crippen LogP contribution in [0.15, 0.2) is 71.8 Å². The van der Waals surface area contributed by atoms with E-state index in [1.54, 1.807) is 6.21 Å². The Balaban J connectivity index is 1.44. The fourth-order valence-corrected chi connectivity index (χ4v) is 3.17. The van der Waals surface area contributed by atoms with Gasteiger partial charge in [-0.1, -0.05) is 35.9 Å². The number of aromatic amines is 1. The minimum Gasteiger partial charge on any atom is -0.490 e. The summed E-state index contributed by atoms with van der Waals surface area (Å²) in [6.07, 6.45) is 1.70. The van der Waals surface area contributed by atoms with E-state index >= 15 is 0 Å². The molecule has 6 nitrogen and oxygen atoms in total. The van der Waals surface area contributed by atoms with E-state index in [1.807, 2.05) is 73.7 Å². The molecule has 0 amide bonds. The molecule has 0 radical (unpaired) electrons. The lowest BCUT2D eigenvalue weighted by atomic mass is 10.2. The van der Waals surface area contributed by atoms with Crippen molar-refractivity contribution >= 4 is 34.8 Å². The van der Waals surface area contributed by atoms with Crippen LogP contribution in [0.4, 0.5) is 5.95 Å². The number of H-pyrrole nitrogens is 1. The van der Waals surface area contributed by atoms with Gasteiger partial charge in [-0.25, -0.2) is 10.4 Å². The van der Waals surface area contributed by atoms with Gasteiger partial charge >= 0.3 is 0 Å². The van der Waals surface area contributed by atoms with Crippen molar-refractivity contribution in [3.8, 4) is 11.5 Å². The minimum atomic E-state index is 0.404. The minimum absolute atomic E-state index is 0.404. The molecule has 0 aliphatic carbocycles. The van der Waals surface area contributed by atoms with Crippen molar-refractivity contribution < 1.29 is 9.47 Å². The van der Waals surface area contributed by atoms with Gasteiger partial charge in [-0.15, -0.1) is 0 Å². The van der Waals surface area contributed by atoms with E-state index in [0.717, 1.165) is 22.2 Å². The lowest BCUT2D eigenvalue weighted by Gasteiger charge is -2.12. The first-order valence-electron chi connectivity index (χ1n) is 9.59. The zero-order valence-electron chi connectivity index (χ0n) is 16.4. The number of ether oxygens (including phenoxy) is 2. The van der Waals surface area contributed by atoms with Gasteiger partial charge in [0.15, 0.2) is 11.5 Å². The molecule has 0 bridgehead atoms. The molecule has 4 rings (SSSR count). The number of nitrogens with zero attached hydrogens (tertiary/aromatic N) is 2. The van der Waals surface area contributed by atoms with Crippen LogP contribution in [0.3, 0.4) is 0 Å². The van der Waals surface area contributed by atoms with E-state index in [1.165, 1.54) is 0 Å². The standard InChI is InChI=1S/C23H21ClN4O2/c1-2-29-22-13-16(10-11-21(22)30-15-17-6-5-7-18(24)12-17)14-25-28-23-26-19-8-3-4-9-20(19)27-23/h3-14H,2,15H2,1H3,(H2,26,27,28)/b25-14-. The van der Waals surface area contributed by atoms with Crippen LogP contribution in [0.5, 0.6) is 11.5 Å². The van der Waals surface area contributed by atoms with Crippen molar-refractivity contribution in [2.24, 2.45) is 5.10 Å². The van der Waals surface area contributed by atoms with Gasteiger partial charge in [-0.3, -0.25) is 0 Å². The predicted molar refractivity (Wildman–Crippen MR) is 121 cm³/mol. The molecule has 152 valence electrons. The molecule has 0 saturated heterocycles. The first kappa shape index (κ1) is 19.8. The van der Waals surface area contributed by atoms with Crippen LogP contribution in [-0.2, 0) is 6.61 Å². The number of hydrazone groups is 1. The fraction of sp³-hybridized carbons (Fsp3) is 0.130. The smallest absolute Gasteiger partial charge is 0.222 e. The first-order chi connectivity index (χ1) is 14.7. The lowest BCUT2D eigenvalue weighted by molar-refractivity contribution is 0.269. The molecule has 4 aromatic rings. The van der Waals surface area contributed by atoms with Gasteiger partial charge in [0.1, 0.15) is 6.61 Å². The molecule has 7 heteroatoms. The maximum absolute atomic E-state index is 6.04. The highest BCUT2D eigenvalue weighted by atomic mass is 35.5. The fourth-order valence-electron chi connectivity index (χ4n) is 2.95. The first-order valence-corrected chi connectivity index (χ1v) is 9.97. The van der Waals surface area contributed by atoms with Gasteiger partial charge < -0.3 is 14.5 Å². The van der Waals surface area contributed by atoms with E-state index in [9.17, 15) is 0 Å². The average molecular weight is 421 g/mol. The number of halogens is 1. The second kappa shape index (κ2) is 9.33. The maximum atomic E-state index is 6.04. The van der Waals surface area contributed by atoms with Gasteiger partial charge in [0.05, 0.1) is 23.9 Å². The second-order valence-corrected chi connectivity index (χ2v) is 6.97. The summed E-state index contributed by atoms with van der Waals surface area (Å²) in [5.41, 5.74) is 6.62. The SMILES string of the molecule is CCOc1cc(/C=N\Nc2nc3ccccc3[nH]2)ccc1OCc1cccc(Cl)c1. The van der Waals surface area contributed by atoms with E-state index < -0.39 is 0 Å². The number of imidazole rings is 1. The summed E-state index contributed by atoms with van der Waals surface area (Å²) in [5.74, 6) is 1.91. The zero-order valence-corrected chi connectivity index (χ0v) is 17.2. The van der Waals surface area contributed by atoms with Crippen molar-refractivity contribution in [1.82, 2.24) is 9.97 Å². The molecule has 0 atom stereocenters. The second-order valence-electron chi connectivity index (χ2n) is 6.53. The van der Waals surface area contributed by atoms with E-state index in [-0.39, 0.29) is 0 Å². The molecular weight excluding hydrogens is 400 g/mol. The quantitative estimate of drug-likeness (QED) is 0.286. The molecule has 30 heavy (non-hydrogen) atoms. The topological polar surface area (TPSA) is 71.5 Å². The van der Waals surface area contributed by atoms with Crippen molar-refractivity contribution in [2.75, 3.05) is 12.0 Å². The molecule has 0 aliphatic heterocycles. The Morgan fingerprint density at radius 2 is 1.93 bits per heavy atom. The Labute approximate surface area is 179 Å². The third-order valence-electron chi connectivity index (χ3n) is 4.32. The van der Waals surface area contributed by atoms with Crippen molar-refractivity contribution in [2.45, 2.75) is 13.5 Å². The van der Waals surface area contributed by atoms with Gasteiger partial charge in [0, 0.05) is 5.02 Å². The lowest BCUT2D eigenvalue weighted by Crippen LogP contribution is -2.01. The molecular formula is C23H21ClN4O2. The van der Waals surface area contributed by atoms with Gasteiger partial charge in [0.25, 0.3) is 0 Å². The Morgan fingerprint density at radius 1 is 1.03 bits per heavy atom. The van der Waals surface area contributed by atoms with Crippen LogP contribution in [0.1, 0.15) is 18.1 Å². The normalized spacial score (nSPS) is 11.1. The molecule has 1 aromatic heterocycles. The highest BCUT2D eigenvalue weighted by Crippen LogP contribution is 2.29. The molecule has 0 fully saturated rings. The molecule has 0 saturated carbocycles. The number of para-hydroxylation sites is 2. The van der Waals surface area contributed by atoms with Crippen LogP contribution in [0.2, 0.25) is 5.02 Å². The Kier molecular flexibility index (Phi) is 6.15. The molecule has 0 aliphatic rings. The number of fused-ring (bicyclic) bond motifs is 1. The number of hydrogen-bond donors (Lipinski definition) is 2. The third kappa shape index (κ3) is 4.90. The van der Waals surface area contributed by atoms with Gasteiger partial charge in [-0.2, -0.15) is 5.10 Å². The largest absolute Gasteiger partial charge is 0.490 e. The Bertz CT molecular complexity index is 1140. The Hall–Kier alpha value is -3.51. The summed E-state index contributed by atoms with van der Waals surface area (Å²) < 4.78 is 11.7. The van der Waals surface area contributed by atoms with Crippen LogP contribution in [0, 0.1) is 0 Å². The molecule has 0 unspecified atom stereocenters. The van der Waals surface area contributed by atoms with Crippen LogP contribution >= 0.6 is 11.6 Å². The summed E-state index contributed by atoms with van der Waals surface area (Å²) in [5, 5.41) is 4.95. The Morgan fingerprint density at radius 3 is 2.77 bits per heavy atom. The number of nitrogens with one attached hydrogen (secondary N) is 2. The summed E-state index contributed by atoms with van der Waals surface area (Å²) >= 11 is 6.04. The van der Waals surface area contributed by atoms with Gasteiger partial charge in [0.2, 0.25) is 5.95 Å². The third-order valence-corrected chi connectivity index (χ3v) is 4.56. The van der Waals surface area contributed by atoms with Gasteiger partial charge in [-0.05, 0) is 60.5 Å². The number of anilines is 1. The highest BCUT2D eigenvalue weighted by Gasteiger charge is 2.07. The monoisotopic (exact) mass is 420 g/mol. The maximum Gasteiger partial charge on any atom is 0.222 e. The number of aromatic nitrogens is 2. The van der Waals surface area contributed by atoms with Crippen LogP contribution in [-0.4, -0.2) is 22.8 Å². The summed E-state index contributed by atoms with van der Waals surface area (Å²) in [6.45, 7) is 2.87. The van der Waals surface area contributed by atoms with Crippen molar-refractivity contribution in [3.05, 3.63) is 82.9 Å². The number of benzene rings is 3. The van der Waals surface area contributed by atoms with E-state index in [4.69, 9.17) is 21.1 Å². The number of rotatable bonds is 8. The highest BCUT2D eigenvalue weighted by molar-refractivity contribution is 6.30. The van der Waals surface area contributed by atoms with E-state index in [0.29, 0.717) is 35.7 Å². The van der Waals surface area contributed by atoms with Crippen LogP contribution < -0.4 is 14.9 Å². The molecule has 2 N–H and O–H groups in total. The summed E-state index contributed by atoms with van der Waals surface area (Å²) in [6, 6.07) is 21.1. The van der Waals surface area contributed by atoms with Crippen LogP contribution in [0.25, 0.3) is 11.0 Å². The van der Waals surface area contributed by atoms with E-state index in [2.05, 4.69) is 20.5 Å².